The lowest BCUT2D eigenvalue weighted by Gasteiger charge is -2.37. The smallest absolute Gasteiger partial charge is 0.373 e. The first-order chi connectivity index (χ1) is 11.7. The highest BCUT2D eigenvalue weighted by atomic mass is 16.7. The van der Waals surface area contributed by atoms with Crippen LogP contribution in [0.1, 0.15) is 29.0 Å². The van der Waals surface area contributed by atoms with Gasteiger partial charge in [0, 0.05) is 17.9 Å². The van der Waals surface area contributed by atoms with Crippen LogP contribution in [-0.4, -0.2) is 13.1 Å². The van der Waals surface area contributed by atoms with E-state index in [1.54, 1.807) is 0 Å². The van der Waals surface area contributed by atoms with Crippen molar-refractivity contribution in [3.05, 3.63) is 83.1 Å². The van der Waals surface area contributed by atoms with E-state index in [1.807, 2.05) is 48.5 Å². The number of ether oxygens (including phenoxy) is 3. The number of methoxy groups -OCH3 is 1. The number of benzene rings is 2. The molecule has 4 rings (SSSR count). The van der Waals surface area contributed by atoms with E-state index in [2.05, 4.69) is 12.1 Å². The fourth-order valence-electron chi connectivity index (χ4n) is 3.45. The molecular formula is C20H18O4. The highest BCUT2D eigenvalue weighted by Gasteiger charge is 2.48. The minimum Gasteiger partial charge on any atom is -0.463 e. The van der Waals surface area contributed by atoms with Gasteiger partial charge in [0.05, 0.1) is 13.7 Å². The molecular weight excluding hydrogens is 304 g/mol. The molecule has 2 atom stereocenters. The third-order valence-electron chi connectivity index (χ3n) is 4.62. The average molecular weight is 322 g/mol. The predicted octanol–water partition coefficient (Wildman–Crippen LogP) is 3.63. The highest BCUT2D eigenvalue weighted by Crippen LogP contribution is 2.48. The van der Waals surface area contributed by atoms with Crippen LogP contribution in [0, 0.1) is 0 Å². The molecule has 0 saturated heterocycles. The van der Waals surface area contributed by atoms with Crippen molar-refractivity contribution in [3.63, 3.8) is 0 Å². The molecule has 0 aliphatic carbocycles. The Balaban J connectivity index is 1.79. The number of rotatable bonds is 2. The number of esters is 1. The van der Waals surface area contributed by atoms with Gasteiger partial charge in [0.2, 0.25) is 11.5 Å². The fraction of sp³-hybridized carbons (Fsp3) is 0.250. The Morgan fingerprint density at radius 3 is 2.67 bits per heavy atom. The molecule has 122 valence electrons. The van der Waals surface area contributed by atoms with E-state index in [0.717, 1.165) is 16.7 Å². The molecule has 2 aromatic rings. The van der Waals surface area contributed by atoms with E-state index in [1.165, 1.54) is 7.11 Å². The van der Waals surface area contributed by atoms with Crippen LogP contribution in [0.2, 0.25) is 0 Å². The second-order valence-corrected chi connectivity index (χ2v) is 6.04. The molecule has 2 aromatic carbocycles. The predicted molar refractivity (Wildman–Crippen MR) is 87.9 cm³/mol. The molecule has 0 fully saturated rings. The van der Waals surface area contributed by atoms with Crippen molar-refractivity contribution >= 4 is 5.97 Å². The molecule has 0 unspecified atom stereocenters. The van der Waals surface area contributed by atoms with Crippen LogP contribution in [0.25, 0.3) is 0 Å². The minimum absolute atomic E-state index is 0.0141. The van der Waals surface area contributed by atoms with Crippen molar-refractivity contribution in [2.75, 3.05) is 7.11 Å². The maximum atomic E-state index is 12.1. The summed E-state index contributed by atoms with van der Waals surface area (Å²) in [6, 6.07) is 18.0. The van der Waals surface area contributed by atoms with Crippen molar-refractivity contribution in [3.8, 4) is 0 Å². The Labute approximate surface area is 140 Å². The number of carbonyl (C=O) groups is 1. The third kappa shape index (κ3) is 2.39. The quantitative estimate of drug-likeness (QED) is 0.792. The number of hydrogen-bond donors (Lipinski definition) is 0. The zero-order valence-electron chi connectivity index (χ0n) is 13.4. The number of allylic oxidation sites excluding steroid dienone is 1. The van der Waals surface area contributed by atoms with Gasteiger partial charge in [0.25, 0.3) is 0 Å². The molecule has 2 aliphatic heterocycles. The van der Waals surface area contributed by atoms with Gasteiger partial charge in [-0.15, -0.1) is 0 Å². The molecule has 4 nitrogen and oxygen atoms in total. The molecule has 1 spiro atoms. The maximum absolute atomic E-state index is 12.1. The zero-order chi connectivity index (χ0) is 16.6. The summed E-state index contributed by atoms with van der Waals surface area (Å²) in [6.45, 7) is 0.478. The molecule has 0 bridgehead atoms. The summed E-state index contributed by atoms with van der Waals surface area (Å²) in [7, 11) is 1.36. The Bertz CT molecular complexity index is 796. The Morgan fingerprint density at radius 1 is 1.12 bits per heavy atom. The van der Waals surface area contributed by atoms with Crippen LogP contribution in [0.15, 0.2) is 66.4 Å². The summed E-state index contributed by atoms with van der Waals surface area (Å²) in [5.74, 6) is -1.20. The number of carbonyl (C=O) groups excluding carboxylic acids is 1. The number of fused-ring (bicyclic) bond motifs is 2. The van der Waals surface area contributed by atoms with E-state index in [9.17, 15) is 4.79 Å². The van der Waals surface area contributed by atoms with Gasteiger partial charge in [-0.25, -0.2) is 4.79 Å². The molecule has 0 radical (unpaired) electrons. The molecule has 0 amide bonds. The zero-order valence-corrected chi connectivity index (χ0v) is 13.4. The van der Waals surface area contributed by atoms with Gasteiger partial charge < -0.3 is 14.2 Å². The van der Waals surface area contributed by atoms with Gasteiger partial charge in [-0.05, 0) is 17.2 Å². The fourth-order valence-corrected chi connectivity index (χ4v) is 3.45. The molecule has 0 aromatic heterocycles. The Morgan fingerprint density at radius 2 is 1.88 bits per heavy atom. The van der Waals surface area contributed by atoms with Gasteiger partial charge in [0.15, 0.2) is 0 Å². The van der Waals surface area contributed by atoms with Gasteiger partial charge in [-0.1, -0.05) is 54.6 Å². The summed E-state index contributed by atoms with van der Waals surface area (Å²) in [5, 5.41) is 0. The van der Waals surface area contributed by atoms with Crippen molar-refractivity contribution in [2.24, 2.45) is 0 Å². The van der Waals surface area contributed by atoms with E-state index >= 15 is 0 Å². The summed E-state index contributed by atoms with van der Waals surface area (Å²) < 4.78 is 17.0. The van der Waals surface area contributed by atoms with Gasteiger partial charge >= 0.3 is 5.97 Å². The van der Waals surface area contributed by atoms with Crippen LogP contribution in [-0.2, 0) is 31.4 Å². The Hall–Kier alpha value is -2.59. The Kier molecular flexibility index (Phi) is 3.62. The lowest BCUT2D eigenvalue weighted by atomic mass is 9.85. The molecule has 2 heterocycles. The molecule has 0 N–H and O–H groups in total. The van der Waals surface area contributed by atoms with E-state index in [0.29, 0.717) is 13.0 Å². The van der Waals surface area contributed by atoms with Gasteiger partial charge in [-0.3, -0.25) is 0 Å². The SMILES string of the molecule is COC(=O)C1=C[C@H](c2ccccc2)C[C@@]2(OCc3ccccc32)O1. The lowest BCUT2D eigenvalue weighted by Crippen LogP contribution is -2.36. The van der Waals surface area contributed by atoms with Crippen molar-refractivity contribution < 1.29 is 19.0 Å². The van der Waals surface area contributed by atoms with Crippen LogP contribution in [0.3, 0.4) is 0 Å². The summed E-state index contributed by atoms with van der Waals surface area (Å²) in [4.78, 5) is 12.1. The first-order valence-corrected chi connectivity index (χ1v) is 7.98. The number of hydrogen-bond acceptors (Lipinski definition) is 4. The third-order valence-corrected chi connectivity index (χ3v) is 4.62. The van der Waals surface area contributed by atoms with E-state index in [4.69, 9.17) is 14.2 Å². The average Bonchev–Trinajstić information content (AvgIpc) is 2.99. The molecule has 0 saturated carbocycles. The standard InChI is InChI=1S/C20H18O4/c1-22-19(21)18-11-16(14-7-3-2-4-8-14)12-20(24-18)17-10-6-5-9-15(17)13-23-20/h2-11,16H,12-13H2,1H3/t16-,20+/m0/s1. The summed E-state index contributed by atoms with van der Waals surface area (Å²) >= 11 is 0. The minimum atomic E-state index is -0.935. The second-order valence-electron chi connectivity index (χ2n) is 6.04. The topological polar surface area (TPSA) is 44.8 Å². The van der Waals surface area contributed by atoms with E-state index < -0.39 is 11.8 Å². The van der Waals surface area contributed by atoms with Crippen molar-refractivity contribution in [1.82, 2.24) is 0 Å². The summed E-state index contributed by atoms with van der Waals surface area (Å²) in [6.07, 6.45) is 2.45. The molecule has 24 heavy (non-hydrogen) atoms. The van der Waals surface area contributed by atoms with Crippen LogP contribution < -0.4 is 0 Å². The molecule has 4 heteroatoms. The first kappa shape index (κ1) is 15.0. The lowest BCUT2D eigenvalue weighted by molar-refractivity contribution is -0.231. The monoisotopic (exact) mass is 322 g/mol. The van der Waals surface area contributed by atoms with E-state index in [-0.39, 0.29) is 11.7 Å². The van der Waals surface area contributed by atoms with Crippen LogP contribution >= 0.6 is 0 Å². The summed E-state index contributed by atoms with van der Waals surface area (Å²) in [5.41, 5.74) is 3.20. The van der Waals surface area contributed by atoms with Crippen LogP contribution in [0.5, 0.6) is 0 Å². The van der Waals surface area contributed by atoms with Crippen LogP contribution in [0.4, 0.5) is 0 Å². The molecule has 2 aliphatic rings. The maximum Gasteiger partial charge on any atom is 0.373 e. The van der Waals surface area contributed by atoms with Gasteiger partial charge in [0.1, 0.15) is 0 Å². The van der Waals surface area contributed by atoms with Crippen molar-refractivity contribution in [2.45, 2.75) is 24.7 Å². The largest absolute Gasteiger partial charge is 0.463 e. The highest BCUT2D eigenvalue weighted by molar-refractivity contribution is 5.86. The first-order valence-electron chi connectivity index (χ1n) is 7.98. The van der Waals surface area contributed by atoms with Crippen molar-refractivity contribution in [1.29, 1.82) is 0 Å². The second kappa shape index (κ2) is 5.80. The normalized spacial score (nSPS) is 24.9. The van der Waals surface area contributed by atoms with Gasteiger partial charge in [-0.2, -0.15) is 0 Å².